The molecule has 0 radical (unpaired) electrons. The molecule has 19 heavy (non-hydrogen) atoms. The van der Waals surface area contributed by atoms with Crippen molar-refractivity contribution in [1.29, 1.82) is 0 Å². The lowest BCUT2D eigenvalue weighted by molar-refractivity contribution is -0.116. The maximum absolute atomic E-state index is 13.2. The molecular weight excluding hydrogens is 276 g/mol. The molecule has 0 saturated carbocycles. The second kappa shape index (κ2) is 6.42. The highest BCUT2D eigenvalue weighted by molar-refractivity contribution is 7.94. The van der Waals surface area contributed by atoms with E-state index in [2.05, 4.69) is 5.32 Å². The van der Waals surface area contributed by atoms with Crippen molar-refractivity contribution >= 4 is 15.7 Å². The van der Waals surface area contributed by atoms with Gasteiger partial charge >= 0.3 is 0 Å². The highest BCUT2D eigenvalue weighted by Crippen LogP contribution is 2.08. The van der Waals surface area contributed by atoms with Crippen molar-refractivity contribution in [1.82, 2.24) is 5.32 Å². The molecule has 104 valence electrons. The molecule has 0 aromatic heterocycles. The van der Waals surface area contributed by atoms with Crippen LogP contribution in [0, 0.1) is 11.6 Å². The minimum Gasteiger partial charge on any atom is -0.348 e. The molecule has 0 heterocycles. The Morgan fingerprint density at radius 1 is 1.37 bits per heavy atom. The fraction of sp³-hybridized carbons (Fsp3) is 0.250. The lowest BCUT2D eigenvalue weighted by atomic mass is 10.2. The molecule has 7 heteroatoms. The minimum atomic E-state index is -3.38. The standard InChI is InChI=1S/C12H13F2NO3S/c1-2-19(17,18)6-5-12(16)15-8-9-3-4-10(13)7-11(9)14/h3-7H,2,8H2,1H3,(H,15,16)/b6-5+. The summed E-state index contributed by atoms with van der Waals surface area (Å²) >= 11 is 0. The van der Waals surface area contributed by atoms with Crippen LogP contribution in [0.5, 0.6) is 0 Å². The van der Waals surface area contributed by atoms with Gasteiger partial charge in [0.25, 0.3) is 0 Å². The van der Waals surface area contributed by atoms with Crippen LogP contribution in [0.25, 0.3) is 0 Å². The average molecular weight is 289 g/mol. The third-order valence-corrected chi connectivity index (χ3v) is 3.65. The van der Waals surface area contributed by atoms with Gasteiger partial charge in [0.15, 0.2) is 9.84 Å². The summed E-state index contributed by atoms with van der Waals surface area (Å²) in [7, 11) is -3.38. The summed E-state index contributed by atoms with van der Waals surface area (Å²) < 4.78 is 48.1. The quantitative estimate of drug-likeness (QED) is 0.836. The first-order valence-electron chi connectivity index (χ1n) is 5.46. The molecule has 0 bridgehead atoms. The number of carbonyl (C=O) groups excluding carboxylic acids is 1. The highest BCUT2D eigenvalue weighted by atomic mass is 32.2. The first-order valence-corrected chi connectivity index (χ1v) is 7.18. The average Bonchev–Trinajstić information content (AvgIpc) is 2.35. The summed E-state index contributed by atoms with van der Waals surface area (Å²) in [5.74, 6) is -2.25. The van der Waals surface area contributed by atoms with Crippen molar-refractivity contribution in [2.24, 2.45) is 0 Å². The van der Waals surface area contributed by atoms with Crippen LogP contribution >= 0.6 is 0 Å². The molecular formula is C12H13F2NO3S. The van der Waals surface area contributed by atoms with Gasteiger partial charge in [-0.2, -0.15) is 0 Å². The van der Waals surface area contributed by atoms with Gasteiger partial charge in [-0.15, -0.1) is 0 Å². The SMILES string of the molecule is CCS(=O)(=O)/C=C/C(=O)NCc1ccc(F)cc1F. The van der Waals surface area contributed by atoms with Crippen molar-refractivity contribution < 1.29 is 22.0 Å². The number of hydrogen-bond acceptors (Lipinski definition) is 3. The Hall–Kier alpha value is -1.76. The van der Waals surface area contributed by atoms with Crippen LogP contribution in [0.3, 0.4) is 0 Å². The van der Waals surface area contributed by atoms with Gasteiger partial charge in [0.05, 0.1) is 5.75 Å². The van der Waals surface area contributed by atoms with E-state index in [0.29, 0.717) is 6.07 Å². The fourth-order valence-electron chi connectivity index (χ4n) is 1.17. The van der Waals surface area contributed by atoms with Crippen molar-refractivity contribution in [3.05, 3.63) is 46.9 Å². The number of benzene rings is 1. The second-order valence-electron chi connectivity index (χ2n) is 3.71. The molecule has 1 aromatic carbocycles. The molecule has 0 fully saturated rings. The lowest BCUT2D eigenvalue weighted by Gasteiger charge is -2.04. The van der Waals surface area contributed by atoms with E-state index in [-0.39, 0.29) is 17.9 Å². The molecule has 0 aliphatic rings. The van der Waals surface area contributed by atoms with Gasteiger partial charge in [-0.25, -0.2) is 17.2 Å². The van der Waals surface area contributed by atoms with Gasteiger partial charge in [-0.1, -0.05) is 13.0 Å². The predicted octanol–water partition coefficient (Wildman–Crippen LogP) is 1.53. The van der Waals surface area contributed by atoms with Gasteiger partial charge in [-0.05, 0) is 6.07 Å². The molecule has 1 rings (SSSR count). The zero-order valence-electron chi connectivity index (χ0n) is 10.2. The van der Waals surface area contributed by atoms with Crippen LogP contribution < -0.4 is 5.32 Å². The molecule has 0 spiro atoms. The molecule has 0 aliphatic heterocycles. The topological polar surface area (TPSA) is 63.2 Å². The summed E-state index contributed by atoms with van der Waals surface area (Å²) in [5, 5.41) is 3.10. The monoisotopic (exact) mass is 289 g/mol. The predicted molar refractivity (Wildman–Crippen MR) is 66.8 cm³/mol. The number of rotatable bonds is 5. The number of amides is 1. The molecule has 4 nitrogen and oxygen atoms in total. The van der Waals surface area contributed by atoms with Crippen LogP contribution in [-0.2, 0) is 21.2 Å². The van der Waals surface area contributed by atoms with E-state index in [1.54, 1.807) is 0 Å². The van der Waals surface area contributed by atoms with Crippen LogP contribution in [0.1, 0.15) is 12.5 Å². The fourth-order valence-corrected chi connectivity index (χ4v) is 1.69. The van der Waals surface area contributed by atoms with Crippen LogP contribution in [-0.4, -0.2) is 20.1 Å². The normalized spacial score (nSPS) is 11.7. The lowest BCUT2D eigenvalue weighted by Crippen LogP contribution is -2.21. The minimum absolute atomic E-state index is 0.108. The van der Waals surface area contributed by atoms with E-state index in [0.717, 1.165) is 17.6 Å². The van der Waals surface area contributed by atoms with E-state index < -0.39 is 27.4 Å². The number of sulfone groups is 1. The zero-order valence-corrected chi connectivity index (χ0v) is 11.0. The highest BCUT2D eigenvalue weighted by Gasteiger charge is 2.06. The van der Waals surface area contributed by atoms with E-state index in [9.17, 15) is 22.0 Å². The van der Waals surface area contributed by atoms with Crippen molar-refractivity contribution in [3.63, 3.8) is 0 Å². The Bertz CT molecular complexity index is 597. The third-order valence-electron chi connectivity index (χ3n) is 2.30. The maximum Gasteiger partial charge on any atom is 0.244 e. The Morgan fingerprint density at radius 2 is 2.05 bits per heavy atom. The van der Waals surface area contributed by atoms with Gasteiger partial charge in [0, 0.05) is 29.7 Å². The number of nitrogens with one attached hydrogen (secondary N) is 1. The first-order chi connectivity index (χ1) is 8.84. The first kappa shape index (κ1) is 15.3. The van der Waals surface area contributed by atoms with Gasteiger partial charge in [0.2, 0.25) is 5.91 Å². The Labute approximate surface area is 110 Å². The number of halogens is 2. The van der Waals surface area contributed by atoms with E-state index in [1.165, 1.54) is 13.0 Å². The molecule has 0 saturated heterocycles. The largest absolute Gasteiger partial charge is 0.348 e. The van der Waals surface area contributed by atoms with Gasteiger partial charge in [0.1, 0.15) is 11.6 Å². The Morgan fingerprint density at radius 3 is 2.63 bits per heavy atom. The van der Waals surface area contributed by atoms with E-state index >= 15 is 0 Å². The maximum atomic E-state index is 13.2. The Balaban J connectivity index is 2.60. The number of hydrogen-bond donors (Lipinski definition) is 1. The smallest absolute Gasteiger partial charge is 0.244 e. The van der Waals surface area contributed by atoms with E-state index in [1.807, 2.05) is 0 Å². The third kappa shape index (κ3) is 5.17. The summed E-state index contributed by atoms with van der Waals surface area (Å²) in [6.45, 7) is 1.30. The molecule has 0 aliphatic carbocycles. The molecule has 0 atom stereocenters. The summed E-state index contributed by atoms with van der Waals surface area (Å²) in [6.07, 6.45) is 0.861. The van der Waals surface area contributed by atoms with Gasteiger partial charge in [-0.3, -0.25) is 4.79 Å². The van der Waals surface area contributed by atoms with Crippen LogP contribution in [0.15, 0.2) is 29.7 Å². The van der Waals surface area contributed by atoms with Crippen molar-refractivity contribution in [2.45, 2.75) is 13.5 Å². The van der Waals surface area contributed by atoms with Gasteiger partial charge < -0.3 is 5.32 Å². The molecule has 0 unspecified atom stereocenters. The molecule has 1 aromatic rings. The molecule has 1 N–H and O–H groups in total. The van der Waals surface area contributed by atoms with Crippen molar-refractivity contribution in [3.8, 4) is 0 Å². The summed E-state index contributed by atoms with van der Waals surface area (Å²) in [5.41, 5.74) is 0.112. The van der Waals surface area contributed by atoms with Crippen LogP contribution in [0.2, 0.25) is 0 Å². The van der Waals surface area contributed by atoms with Crippen LogP contribution in [0.4, 0.5) is 8.78 Å². The molecule has 1 amide bonds. The summed E-state index contributed by atoms with van der Waals surface area (Å²) in [6, 6.07) is 2.98. The zero-order chi connectivity index (χ0) is 14.5. The van der Waals surface area contributed by atoms with Crippen molar-refractivity contribution in [2.75, 3.05) is 5.75 Å². The Kier molecular flexibility index (Phi) is 5.17. The van der Waals surface area contributed by atoms with E-state index in [4.69, 9.17) is 0 Å². The second-order valence-corrected chi connectivity index (χ2v) is 5.88. The number of carbonyl (C=O) groups is 1. The summed E-state index contributed by atoms with van der Waals surface area (Å²) in [4.78, 5) is 11.3.